The van der Waals surface area contributed by atoms with E-state index in [1.54, 1.807) is 82.4 Å². The van der Waals surface area contributed by atoms with Crippen LogP contribution in [0.5, 0.6) is 17.2 Å². The van der Waals surface area contributed by atoms with Crippen molar-refractivity contribution in [3.63, 3.8) is 0 Å². The van der Waals surface area contributed by atoms with Gasteiger partial charge >= 0.3 is 6.09 Å². The van der Waals surface area contributed by atoms with E-state index in [0.29, 0.717) is 41.2 Å². The van der Waals surface area contributed by atoms with Crippen LogP contribution < -0.4 is 25.0 Å². The van der Waals surface area contributed by atoms with Crippen LogP contribution in [0.15, 0.2) is 60.7 Å². The number of para-hydroxylation sites is 1. The van der Waals surface area contributed by atoms with Gasteiger partial charge < -0.3 is 34.9 Å². The molecule has 0 bridgehead atoms. The van der Waals surface area contributed by atoms with Crippen molar-refractivity contribution in [2.24, 2.45) is 0 Å². The average Bonchev–Trinajstić information content (AvgIpc) is 2.91. The molecule has 3 aromatic rings. The molecule has 10 nitrogen and oxygen atoms in total. The van der Waals surface area contributed by atoms with Gasteiger partial charge in [0.1, 0.15) is 22.8 Å². The summed E-state index contributed by atoms with van der Waals surface area (Å²) in [4.78, 5) is 39.4. The van der Waals surface area contributed by atoms with Crippen molar-refractivity contribution >= 4 is 29.3 Å². The maximum absolute atomic E-state index is 13.2. The van der Waals surface area contributed by atoms with Crippen molar-refractivity contribution in [1.82, 2.24) is 5.32 Å². The Morgan fingerprint density at radius 2 is 1.71 bits per heavy atom. The molecule has 3 rings (SSSR count). The zero-order chi connectivity index (χ0) is 30.2. The fourth-order valence-corrected chi connectivity index (χ4v) is 3.88. The molecular weight excluding hydrogens is 526 g/mol. The third kappa shape index (κ3) is 8.63. The molecule has 218 valence electrons. The molecule has 0 saturated heterocycles. The normalized spacial score (nSPS) is 10.9. The number of hydrogen-bond donors (Lipinski definition) is 3. The summed E-state index contributed by atoms with van der Waals surface area (Å²) in [5.74, 6) is -0.117. The molecule has 0 aliphatic carbocycles. The Hall–Kier alpha value is -4.73. The number of nitrogens with zero attached hydrogens (tertiary/aromatic N) is 1. The highest BCUT2D eigenvalue weighted by Gasteiger charge is 2.20. The van der Waals surface area contributed by atoms with Crippen LogP contribution in [0, 0.1) is 6.92 Å². The van der Waals surface area contributed by atoms with Gasteiger partial charge in [0.15, 0.2) is 0 Å². The number of carbonyl (C=O) groups is 3. The summed E-state index contributed by atoms with van der Waals surface area (Å²) < 4.78 is 16.5. The first-order valence-corrected chi connectivity index (χ1v) is 13.2. The summed E-state index contributed by atoms with van der Waals surface area (Å²) in [6.07, 6.45) is 0.00623. The van der Waals surface area contributed by atoms with Gasteiger partial charge in [-0.3, -0.25) is 9.59 Å². The Morgan fingerprint density at radius 3 is 2.39 bits per heavy atom. The van der Waals surface area contributed by atoms with Gasteiger partial charge in [-0.25, -0.2) is 4.79 Å². The van der Waals surface area contributed by atoms with E-state index >= 15 is 0 Å². The zero-order valence-electron chi connectivity index (χ0n) is 24.2. The molecule has 0 radical (unpaired) electrons. The number of nitrogens with one attached hydrogen (secondary N) is 2. The summed E-state index contributed by atoms with van der Waals surface area (Å²) >= 11 is 0. The second-order valence-electron chi connectivity index (χ2n) is 10.4. The molecule has 0 fully saturated rings. The molecule has 10 heteroatoms. The van der Waals surface area contributed by atoms with Crippen LogP contribution in [0.2, 0.25) is 0 Å². The molecule has 0 spiro atoms. The molecule has 0 aliphatic rings. The fourth-order valence-electron chi connectivity index (χ4n) is 3.88. The smallest absolute Gasteiger partial charge is 0.407 e. The SMILES string of the molecule is COc1cc(C(=O)N(C)c2ccc(C)cc2O)ccc1NC(=O)c1ccccc1OCCCNC(=O)OC(C)(C)C. The molecule has 3 amide bonds. The highest BCUT2D eigenvalue weighted by molar-refractivity contribution is 6.09. The van der Waals surface area contributed by atoms with E-state index in [0.717, 1.165) is 5.56 Å². The lowest BCUT2D eigenvalue weighted by molar-refractivity contribution is 0.0525. The Morgan fingerprint density at radius 1 is 0.976 bits per heavy atom. The molecule has 41 heavy (non-hydrogen) atoms. The molecule has 0 aromatic heterocycles. The van der Waals surface area contributed by atoms with Crippen LogP contribution in [-0.4, -0.2) is 55.9 Å². The maximum atomic E-state index is 13.2. The van der Waals surface area contributed by atoms with E-state index in [1.165, 1.54) is 18.1 Å². The second kappa shape index (κ2) is 13.6. The van der Waals surface area contributed by atoms with Crippen LogP contribution in [0.25, 0.3) is 0 Å². The lowest BCUT2D eigenvalue weighted by Gasteiger charge is -2.20. The number of hydrogen-bond acceptors (Lipinski definition) is 7. The highest BCUT2D eigenvalue weighted by atomic mass is 16.6. The third-order valence-corrected chi connectivity index (χ3v) is 5.87. The first-order valence-electron chi connectivity index (χ1n) is 13.2. The number of aromatic hydroxyl groups is 1. The summed E-state index contributed by atoms with van der Waals surface area (Å²) in [5.41, 5.74) is 1.65. The van der Waals surface area contributed by atoms with Gasteiger partial charge in [0, 0.05) is 19.2 Å². The molecular formula is C31H37N3O7. The topological polar surface area (TPSA) is 126 Å². The number of anilines is 2. The number of rotatable bonds is 10. The van der Waals surface area contributed by atoms with Gasteiger partial charge in [0.25, 0.3) is 11.8 Å². The van der Waals surface area contributed by atoms with Crippen molar-refractivity contribution in [1.29, 1.82) is 0 Å². The van der Waals surface area contributed by atoms with Gasteiger partial charge in [0.2, 0.25) is 0 Å². The number of aryl methyl sites for hydroxylation is 1. The molecule has 0 saturated carbocycles. The van der Waals surface area contributed by atoms with Crippen LogP contribution in [0.3, 0.4) is 0 Å². The van der Waals surface area contributed by atoms with E-state index in [-0.39, 0.29) is 24.0 Å². The number of carbonyl (C=O) groups excluding carboxylic acids is 3. The van der Waals surface area contributed by atoms with Gasteiger partial charge in [-0.15, -0.1) is 0 Å². The Kier molecular flexibility index (Phi) is 10.2. The molecule has 3 N–H and O–H groups in total. The van der Waals surface area contributed by atoms with Crippen LogP contribution in [0.1, 0.15) is 53.5 Å². The third-order valence-electron chi connectivity index (χ3n) is 5.87. The van der Waals surface area contributed by atoms with Gasteiger partial charge in [0.05, 0.1) is 30.7 Å². The van der Waals surface area contributed by atoms with Gasteiger partial charge in [-0.1, -0.05) is 18.2 Å². The molecule has 0 atom stereocenters. The number of benzene rings is 3. The van der Waals surface area contributed by atoms with Crippen molar-refractivity contribution < 1.29 is 33.7 Å². The molecule has 0 aliphatic heterocycles. The minimum atomic E-state index is -0.576. The first kappa shape index (κ1) is 30.8. The summed E-state index contributed by atoms with van der Waals surface area (Å²) in [6.45, 7) is 7.84. The van der Waals surface area contributed by atoms with Gasteiger partial charge in [-0.05, 0) is 82.1 Å². The van der Waals surface area contributed by atoms with Crippen LogP contribution >= 0.6 is 0 Å². The van der Waals surface area contributed by atoms with E-state index in [2.05, 4.69) is 10.6 Å². The standard InChI is InChI=1S/C31H37N3O7/c1-20-12-15-24(25(35)18-20)34(5)29(37)21-13-14-23(27(19-21)39-6)33-28(36)22-10-7-8-11-26(22)40-17-9-16-32-30(38)41-31(2,3)4/h7-8,10-15,18-19,35H,9,16-17H2,1-6H3,(H,32,38)(H,33,36). The predicted octanol–water partition coefficient (Wildman–Crippen LogP) is 5.53. The Labute approximate surface area is 240 Å². The summed E-state index contributed by atoms with van der Waals surface area (Å²) in [6, 6.07) is 16.5. The van der Waals surface area contributed by atoms with E-state index in [9.17, 15) is 19.5 Å². The average molecular weight is 564 g/mol. The quantitative estimate of drug-likeness (QED) is 0.277. The number of phenolic OH excluding ortho intramolecular Hbond substituents is 1. The predicted molar refractivity (Wildman–Crippen MR) is 157 cm³/mol. The van der Waals surface area contributed by atoms with Gasteiger partial charge in [-0.2, -0.15) is 0 Å². The number of ether oxygens (including phenoxy) is 3. The lowest BCUT2D eigenvalue weighted by Crippen LogP contribution is -2.33. The molecule has 0 unspecified atom stereocenters. The number of methoxy groups -OCH3 is 1. The second-order valence-corrected chi connectivity index (χ2v) is 10.4. The number of amides is 3. The first-order chi connectivity index (χ1) is 19.4. The van der Waals surface area contributed by atoms with Crippen molar-refractivity contribution in [3.8, 4) is 17.2 Å². The number of alkyl carbamates (subject to hydrolysis) is 1. The Balaban J connectivity index is 1.65. The highest BCUT2D eigenvalue weighted by Crippen LogP contribution is 2.31. The van der Waals surface area contributed by atoms with E-state index in [1.807, 2.05) is 6.92 Å². The fraction of sp³-hybridized carbons (Fsp3) is 0.323. The Bertz CT molecular complexity index is 1400. The monoisotopic (exact) mass is 563 g/mol. The van der Waals surface area contributed by atoms with E-state index in [4.69, 9.17) is 14.2 Å². The summed E-state index contributed by atoms with van der Waals surface area (Å²) in [7, 11) is 3.01. The maximum Gasteiger partial charge on any atom is 0.407 e. The number of phenols is 1. The van der Waals surface area contributed by atoms with Crippen molar-refractivity contribution in [3.05, 3.63) is 77.4 Å². The van der Waals surface area contributed by atoms with Crippen molar-refractivity contribution in [2.45, 2.75) is 39.7 Å². The zero-order valence-corrected chi connectivity index (χ0v) is 24.2. The molecule has 0 heterocycles. The van der Waals surface area contributed by atoms with E-state index < -0.39 is 17.6 Å². The minimum Gasteiger partial charge on any atom is -0.506 e. The lowest BCUT2D eigenvalue weighted by atomic mass is 10.1. The molecule has 3 aromatic carbocycles. The van der Waals surface area contributed by atoms with Crippen LogP contribution in [-0.2, 0) is 4.74 Å². The largest absolute Gasteiger partial charge is 0.506 e. The van der Waals surface area contributed by atoms with Crippen LogP contribution in [0.4, 0.5) is 16.2 Å². The minimum absolute atomic E-state index is 0.00288. The van der Waals surface area contributed by atoms with Crippen molar-refractivity contribution in [2.75, 3.05) is 37.5 Å². The summed E-state index contributed by atoms with van der Waals surface area (Å²) in [5, 5.41) is 15.8.